The number of anilines is 2. The van der Waals surface area contributed by atoms with E-state index in [1.165, 1.54) is 12.1 Å². The highest BCUT2D eigenvalue weighted by molar-refractivity contribution is 5.65. The highest BCUT2D eigenvalue weighted by Crippen LogP contribution is 2.20. The Morgan fingerprint density at radius 2 is 2.22 bits per heavy atom. The van der Waals surface area contributed by atoms with Crippen molar-refractivity contribution in [3.8, 4) is 0 Å². The predicted octanol–water partition coefficient (Wildman–Crippen LogP) is 2.32. The minimum Gasteiger partial charge on any atom is -0.397 e. The first kappa shape index (κ1) is 12.4. The Morgan fingerprint density at radius 1 is 1.44 bits per heavy atom. The number of benzene rings is 1. The van der Waals surface area contributed by atoms with Crippen molar-refractivity contribution in [2.45, 2.75) is 19.9 Å². The van der Waals surface area contributed by atoms with E-state index in [2.05, 4.69) is 17.3 Å². The molecule has 0 unspecified atom stereocenters. The largest absolute Gasteiger partial charge is 0.397 e. The SMILES string of the molecule is CCc1nn(C)cc1CNc1cc(F)ccc1N. The lowest BCUT2D eigenvalue weighted by Crippen LogP contribution is -2.04. The lowest BCUT2D eigenvalue weighted by molar-refractivity contribution is 0.628. The van der Waals surface area contributed by atoms with E-state index in [0.717, 1.165) is 17.7 Å². The van der Waals surface area contributed by atoms with Gasteiger partial charge in [-0.2, -0.15) is 5.10 Å². The van der Waals surface area contributed by atoms with E-state index in [-0.39, 0.29) is 5.82 Å². The van der Waals surface area contributed by atoms with Crippen molar-refractivity contribution in [3.63, 3.8) is 0 Å². The maximum Gasteiger partial charge on any atom is 0.125 e. The maximum atomic E-state index is 13.1. The molecule has 2 aromatic rings. The minimum absolute atomic E-state index is 0.298. The molecular formula is C13H17FN4. The van der Waals surface area contributed by atoms with E-state index in [1.807, 2.05) is 13.2 Å². The molecule has 1 aromatic carbocycles. The van der Waals surface area contributed by atoms with Crippen LogP contribution in [-0.2, 0) is 20.0 Å². The van der Waals surface area contributed by atoms with Crippen LogP contribution in [-0.4, -0.2) is 9.78 Å². The molecule has 18 heavy (non-hydrogen) atoms. The standard InChI is InChI=1S/C13H17FN4/c1-3-12-9(8-18(2)17-12)7-16-13-6-10(14)4-5-11(13)15/h4-6,8,16H,3,7,15H2,1-2H3. The summed E-state index contributed by atoms with van der Waals surface area (Å²) in [4.78, 5) is 0. The quantitative estimate of drug-likeness (QED) is 0.816. The third-order valence-corrected chi connectivity index (χ3v) is 2.81. The van der Waals surface area contributed by atoms with Crippen molar-refractivity contribution in [2.75, 3.05) is 11.1 Å². The first-order chi connectivity index (χ1) is 8.60. The number of hydrogen-bond donors (Lipinski definition) is 2. The van der Waals surface area contributed by atoms with Gasteiger partial charge in [0.15, 0.2) is 0 Å². The number of aryl methyl sites for hydroxylation is 2. The molecule has 3 N–H and O–H groups in total. The normalized spacial score (nSPS) is 10.6. The van der Waals surface area contributed by atoms with Gasteiger partial charge in [0.2, 0.25) is 0 Å². The fourth-order valence-electron chi connectivity index (χ4n) is 1.90. The van der Waals surface area contributed by atoms with Gasteiger partial charge < -0.3 is 11.1 Å². The van der Waals surface area contributed by atoms with Gasteiger partial charge >= 0.3 is 0 Å². The van der Waals surface area contributed by atoms with Crippen LogP contribution in [0.15, 0.2) is 24.4 Å². The van der Waals surface area contributed by atoms with Crippen molar-refractivity contribution in [2.24, 2.45) is 7.05 Å². The van der Waals surface area contributed by atoms with Crippen LogP contribution in [0.5, 0.6) is 0 Å². The summed E-state index contributed by atoms with van der Waals surface area (Å²) in [6, 6.07) is 4.31. The second kappa shape index (κ2) is 5.08. The molecule has 0 radical (unpaired) electrons. The Bertz CT molecular complexity index is 548. The topological polar surface area (TPSA) is 55.9 Å². The van der Waals surface area contributed by atoms with Gasteiger partial charge in [-0.05, 0) is 24.6 Å². The highest BCUT2D eigenvalue weighted by atomic mass is 19.1. The second-order valence-corrected chi connectivity index (χ2v) is 4.21. The summed E-state index contributed by atoms with van der Waals surface area (Å²) >= 11 is 0. The van der Waals surface area contributed by atoms with Crippen molar-refractivity contribution in [1.82, 2.24) is 9.78 Å². The first-order valence-corrected chi connectivity index (χ1v) is 5.90. The van der Waals surface area contributed by atoms with Gasteiger partial charge in [0.05, 0.1) is 17.1 Å². The summed E-state index contributed by atoms with van der Waals surface area (Å²) in [6.07, 6.45) is 2.83. The van der Waals surface area contributed by atoms with E-state index < -0.39 is 0 Å². The van der Waals surface area contributed by atoms with Gasteiger partial charge in [0.1, 0.15) is 5.82 Å². The minimum atomic E-state index is -0.298. The number of nitrogens with one attached hydrogen (secondary N) is 1. The fraction of sp³-hybridized carbons (Fsp3) is 0.308. The fourth-order valence-corrected chi connectivity index (χ4v) is 1.90. The van der Waals surface area contributed by atoms with Crippen molar-refractivity contribution in [1.29, 1.82) is 0 Å². The second-order valence-electron chi connectivity index (χ2n) is 4.21. The molecule has 0 aliphatic rings. The van der Waals surface area contributed by atoms with Gasteiger partial charge in [-0.1, -0.05) is 6.92 Å². The van der Waals surface area contributed by atoms with Gasteiger partial charge in [0, 0.05) is 25.4 Å². The number of hydrogen-bond acceptors (Lipinski definition) is 3. The van der Waals surface area contributed by atoms with E-state index in [9.17, 15) is 4.39 Å². The summed E-state index contributed by atoms with van der Waals surface area (Å²) in [5.74, 6) is -0.298. The smallest absolute Gasteiger partial charge is 0.125 e. The van der Waals surface area contributed by atoms with Gasteiger partial charge in [0.25, 0.3) is 0 Å². The Kier molecular flexibility index (Phi) is 3.50. The molecule has 1 aromatic heterocycles. The van der Waals surface area contributed by atoms with E-state index in [4.69, 9.17) is 5.73 Å². The summed E-state index contributed by atoms with van der Waals surface area (Å²) in [6.45, 7) is 2.65. The summed E-state index contributed by atoms with van der Waals surface area (Å²) in [5.41, 5.74) is 9.07. The molecule has 0 aliphatic carbocycles. The number of nitrogen functional groups attached to an aromatic ring is 1. The van der Waals surface area contributed by atoms with Crippen LogP contribution in [0.2, 0.25) is 0 Å². The molecule has 0 fully saturated rings. The summed E-state index contributed by atoms with van der Waals surface area (Å²) in [5, 5.41) is 7.49. The average molecular weight is 248 g/mol. The van der Waals surface area contributed by atoms with E-state index >= 15 is 0 Å². The molecule has 1 heterocycles. The Labute approximate surface area is 106 Å². The van der Waals surface area contributed by atoms with Crippen LogP contribution in [0.4, 0.5) is 15.8 Å². The molecular weight excluding hydrogens is 231 g/mol. The lowest BCUT2D eigenvalue weighted by Gasteiger charge is -2.09. The van der Waals surface area contributed by atoms with E-state index in [1.54, 1.807) is 10.7 Å². The van der Waals surface area contributed by atoms with Crippen LogP contribution in [0.25, 0.3) is 0 Å². The molecule has 0 aliphatic heterocycles. The van der Waals surface area contributed by atoms with Gasteiger partial charge in [-0.3, -0.25) is 4.68 Å². The molecule has 0 bridgehead atoms. The van der Waals surface area contributed by atoms with Crippen molar-refractivity contribution < 1.29 is 4.39 Å². The molecule has 0 atom stereocenters. The molecule has 5 heteroatoms. The predicted molar refractivity (Wildman–Crippen MR) is 70.7 cm³/mol. The van der Waals surface area contributed by atoms with Crippen LogP contribution >= 0.6 is 0 Å². The molecule has 96 valence electrons. The van der Waals surface area contributed by atoms with E-state index in [0.29, 0.717) is 17.9 Å². The Balaban J connectivity index is 2.13. The average Bonchev–Trinajstić information content (AvgIpc) is 2.71. The molecule has 2 rings (SSSR count). The number of nitrogens with zero attached hydrogens (tertiary/aromatic N) is 2. The van der Waals surface area contributed by atoms with Gasteiger partial charge in [-0.25, -0.2) is 4.39 Å². The number of aromatic nitrogens is 2. The monoisotopic (exact) mass is 248 g/mol. The van der Waals surface area contributed by atoms with Crippen molar-refractivity contribution in [3.05, 3.63) is 41.5 Å². The third-order valence-electron chi connectivity index (χ3n) is 2.81. The number of nitrogens with two attached hydrogens (primary N) is 1. The van der Waals surface area contributed by atoms with Crippen LogP contribution in [0.3, 0.4) is 0 Å². The molecule has 0 amide bonds. The Hall–Kier alpha value is -2.04. The third kappa shape index (κ3) is 2.61. The summed E-state index contributed by atoms with van der Waals surface area (Å²) in [7, 11) is 1.89. The molecule has 0 saturated heterocycles. The number of rotatable bonds is 4. The molecule has 0 saturated carbocycles. The van der Waals surface area contributed by atoms with Crippen LogP contribution in [0.1, 0.15) is 18.2 Å². The van der Waals surface area contributed by atoms with Crippen LogP contribution in [0, 0.1) is 5.82 Å². The Morgan fingerprint density at radius 3 is 2.94 bits per heavy atom. The van der Waals surface area contributed by atoms with Crippen LogP contribution < -0.4 is 11.1 Å². The zero-order chi connectivity index (χ0) is 13.1. The maximum absolute atomic E-state index is 13.1. The summed E-state index contributed by atoms with van der Waals surface area (Å²) < 4.78 is 14.9. The lowest BCUT2D eigenvalue weighted by atomic mass is 10.2. The highest BCUT2D eigenvalue weighted by Gasteiger charge is 2.07. The zero-order valence-corrected chi connectivity index (χ0v) is 10.6. The first-order valence-electron chi connectivity index (χ1n) is 5.90. The molecule has 4 nitrogen and oxygen atoms in total. The van der Waals surface area contributed by atoms with Crippen molar-refractivity contribution >= 4 is 11.4 Å². The number of halogens is 1. The zero-order valence-electron chi connectivity index (χ0n) is 10.6. The molecule has 0 spiro atoms. The van der Waals surface area contributed by atoms with Gasteiger partial charge in [-0.15, -0.1) is 0 Å².